The molecule has 3 aromatic rings. The van der Waals surface area contributed by atoms with E-state index >= 15 is 4.39 Å². The van der Waals surface area contributed by atoms with Crippen molar-refractivity contribution in [2.24, 2.45) is 0 Å². The molecule has 0 spiro atoms. The molecule has 0 bridgehead atoms. The zero-order chi connectivity index (χ0) is 23.8. The quantitative estimate of drug-likeness (QED) is 0.495. The molecule has 0 fully saturated rings. The van der Waals surface area contributed by atoms with E-state index in [2.05, 4.69) is 25.3 Å². The Bertz CT molecular complexity index is 1330. The molecule has 0 atom stereocenters. The molecule has 10 nitrogen and oxygen atoms in total. The molecule has 1 aliphatic heterocycles. The minimum Gasteiger partial charge on any atom is -0.494 e. The van der Waals surface area contributed by atoms with Crippen LogP contribution in [0.15, 0.2) is 29.6 Å². The van der Waals surface area contributed by atoms with Gasteiger partial charge < -0.3 is 15.0 Å². The minimum atomic E-state index is -4.39. The highest BCUT2D eigenvalue weighted by molar-refractivity contribution is 7.92. The lowest BCUT2D eigenvalue weighted by atomic mass is 10.1. The lowest BCUT2D eigenvalue weighted by Gasteiger charge is -2.30. The van der Waals surface area contributed by atoms with Crippen molar-refractivity contribution in [3.05, 3.63) is 52.7 Å². The Kier molecular flexibility index (Phi) is 6.17. The zero-order valence-corrected chi connectivity index (χ0v) is 19.0. The van der Waals surface area contributed by atoms with Gasteiger partial charge in [0.1, 0.15) is 15.7 Å². The third-order valence-electron chi connectivity index (χ3n) is 4.96. The number of nitrogens with zero attached hydrogens (tertiary/aromatic N) is 5. The van der Waals surface area contributed by atoms with Gasteiger partial charge >= 0.3 is 0 Å². The number of ether oxygens (including phenoxy) is 1. The Labute approximate surface area is 193 Å². The normalized spacial score (nSPS) is 13.4. The Morgan fingerprint density at radius 1 is 1.18 bits per heavy atom. The van der Waals surface area contributed by atoms with Gasteiger partial charge in [-0.1, -0.05) is 11.6 Å². The molecule has 33 heavy (non-hydrogen) atoms. The van der Waals surface area contributed by atoms with Crippen LogP contribution in [0.3, 0.4) is 0 Å². The average molecular weight is 498 g/mol. The Balaban J connectivity index is 1.67. The van der Waals surface area contributed by atoms with Crippen LogP contribution in [0.2, 0.25) is 5.15 Å². The van der Waals surface area contributed by atoms with Crippen LogP contribution in [0, 0.1) is 11.6 Å². The van der Waals surface area contributed by atoms with Crippen molar-refractivity contribution in [3.8, 4) is 5.75 Å². The summed E-state index contributed by atoms with van der Waals surface area (Å²) in [4.78, 5) is 16.9. The topological polar surface area (TPSA) is 122 Å². The van der Waals surface area contributed by atoms with Gasteiger partial charge in [0.25, 0.3) is 10.0 Å². The molecular weight excluding hydrogens is 480 g/mol. The van der Waals surface area contributed by atoms with E-state index in [0.29, 0.717) is 17.9 Å². The molecule has 4 heterocycles. The van der Waals surface area contributed by atoms with Crippen LogP contribution in [0.25, 0.3) is 0 Å². The van der Waals surface area contributed by atoms with Gasteiger partial charge in [-0.3, -0.25) is 4.72 Å². The molecule has 0 saturated heterocycles. The molecule has 0 saturated carbocycles. The second kappa shape index (κ2) is 8.90. The van der Waals surface area contributed by atoms with Gasteiger partial charge in [0.05, 0.1) is 25.2 Å². The van der Waals surface area contributed by atoms with Gasteiger partial charge in [0, 0.05) is 38.3 Å². The predicted octanol–water partition coefficient (Wildman–Crippen LogP) is 2.61. The van der Waals surface area contributed by atoms with Crippen LogP contribution in [-0.2, 0) is 23.0 Å². The highest BCUT2D eigenvalue weighted by Crippen LogP contribution is 2.33. The number of anilines is 3. The van der Waals surface area contributed by atoms with Crippen molar-refractivity contribution in [3.63, 3.8) is 0 Å². The summed E-state index contributed by atoms with van der Waals surface area (Å²) in [6.07, 6.45) is 3.87. The molecule has 0 unspecified atom stereocenters. The summed E-state index contributed by atoms with van der Waals surface area (Å²) in [7, 11) is -1.45. The van der Waals surface area contributed by atoms with Gasteiger partial charge in [-0.25, -0.2) is 37.1 Å². The molecular formula is C19H18ClF2N7O3S. The number of rotatable bonds is 6. The molecule has 0 aromatic carbocycles. The summed E-state index contributed by atoms with van der Waals surface area (Å²) in [5.41, 5.74) is 1.06. The monoisotopic (exact) mass is 497 g/mol. The van der Waals surface area contributed by atoms with Crippen LogP contribution in [0.4, 0.5) is 26.2 Å². The number of nitrogens with one attached hydrogen (secondary N) is 2. The molecule has 0 radical (unpaired) electrons. The smallest absolute Gasteiger partial charge is 0.266 e. The number of fused-ring (bicyclic) bond motifs is 1. The van der Waals surface area contributed by atoms with Gasteiger partial charge in [0.2, 0.25) is 5.95 Å². The molecule has 174 valence electrons. The van der Waals surface area contributed by atoms with E-state index in [9.17, 15) is 12.8 Å². The second-order valence-electron chi connectivity index (χ2n) is 6.97. The molecule has 4 rings (SSSR count). The molecule has 0 amide bonds. The molecule has 1 aliphatic rings. The van der Waals surface area contributed by atoms with Gasteiger partial charge in [-0.2, -0.15) is 0 Å². The van der Waals surface area contributed by atoms with Crippen LogP contribution in [-0.4, -0.2) is 49.1 Å². The van der Waals surface area contributed by atoms with E-state index in [1.165, 1.54) is 12.0 Å². The number of methoxy groups -OCH3 is 1. The molecule has 3 aromatic heterocycles. The predicted molar refractivity (Wildman–Crippen MR) is 117 cm³/mol. The highest BCUT2D eigenvalue weighted by atomic mass is 35.5. The third kappa shape index (κ3) is 4.46. The van der Waals surface area contributed by atoms with Crippen molar-refractivity contribution in [2.45, 2.75) is 17.9 Å². The summed E-state index contributed by atoms with van der Waals surface area (Å²) >= 11 is 5.80. The van der Waals surface area contributed by atoms with E-state index in [4.69, 9.17) is 16.3 Å². The van der Waals surface area contributed by atoms with E-state index in [-0.39, 0.29) is 28.9 Å². The van der Waals surface area contributed by atoms with Gasteiger partial charge in [-0.05, 0) is 6.07 Å². The standard InChI is InChI=1S/C19H18ClF2N7O3S/c1-23-19-26-6-10-9-29(4-3-12(10)27-19)17-11(21)7-25-18(16(17)22)28-33(30,31)14-5-15(20)24-8-13(14)32-2/h5-8H,3-4,9H2,1-2H3,(H,25,28)(H,23,26,27). The fraction of sp³-hybridized carbons (Fsp3) is 0.263. The van der Waals surface area contributed by atoms with Gasteiger partial charge in [-0.15, -0.1) is 0 Å². The number of hydrogen-bond acceptors (Lipinski definition) is 9. The van der Waals surface area contributed by atoms with Crippen molar-refractivity contribution >= 4 is 39.1 Å². The van der Waals surface area contributed by atoms with Crippen LogP contribution in [0.1, 0.15) is 11.3 Å². The number of pyridine rings is 2. The van der Waals surface area contributed by atoms with E-state index < -0.39 is 33.2 Å². The summed E-state index contributed by atoms with van der Waals surface area (Å²) in [6.45, 7) is 0.391. The summed E-state index contributed by atoms with van der Waals surface area (Å²) in [5, 5.41) is 2.73. The van der Waals surface area contributed by atoms with E-state index in [0.717, 1.165) is 24.2 Å². The number of sulfonamides is 1. The lowest BCUT2D eigenvalue weighted by Crippen LogP contribution is -2.33. The first-order chi connectivity index (χ1) is 15.7. The lowest BCUT2D eigenvalue weighted by molar-refractivity contribution is 0.401. The average Bonchev–Trinajstić information content (AvgIpc) is 2.80. The SMILES string of the molecule is CNc1ncc2c(n1)CCN(c1c(F)cnc(NS(=O)(=O)c3cc(Cl)ncc3OC)c1F)C2. The number of hydrogen-bond donors (Lipinski definition) is 2. The summed E-state index contributed by atoms with van der Waals surface area (Å²) < 4.78 is 62.7. The fourth-order valence-electron chi connectivity index (χ4n) is 3.39. The maximum absolute atomic E-state index is 15.3. The number of halogens is 3. The molecule has 2 N–H and O–H groups in total. The molecule has 0 aliphatic carbocycles. The van der Waals surface area contributed by atoms with Crippen LogP contribution < -0.4 is 19.7 Å². The molecule has 14 heteroatoms. The second-order valence-corrected chi connectivity index (χ2v) is 9.01. The Morgan fingerprint density at radius 3 is 2.70 bits per heavy atom. The van der Waals surface area contributed by atoms with E-state index in [1.807, 2.05) is 4.72 Å². The maximum Gasteiger partial charge on any atom is 0.266 e. The summed E-state index contributed by atoms with van der Waals surface area (Å²) in [5.74, 6) is -2.42. The maximum atomic E-state index is 15.3. The third-order valence-corrected chi connectivity index (χ3v) is 6.53. The minimum absolute atomic E-state index is 0.108. The van der Waals surface area contributed by atoms with Crippen molar-refractivity contribution in [1.29, 1.82) is 0 Å². The fourth-order valence-corrected chi connectivity index (χ4v) is 4.79. The largest absolute Gasteiger partial charge is 0.494 e. The van der Waals surface area contributed by atoms with Crippen molar-refractivity contribution in [1.82, 2.24) is 19.9 Å². The highest BCUT2D eigenvalue weighted by Gasteiger charge is 2.29. The van der Waals surface area contributed by atoms with Crippen LogP contribution in [0.5, 0.6) is 5.75 Å². The van der Waals surface area contributed by atoms with Crippen molar-refractivity contribution in [2.75, 3.05) is 35.6 Å². The first kappa shape index (κ1) is 22.9. The van der Waals surface area contributed by atoms with E-state index in [1.54, 1.807) is 13.2 Å². The Morgan fingerprint density at radius 2 is 1.97 bits per heavy atom. The first-order valence-corrected chi connectivity index (χ1v) is 11.4. The first-order valence-electron chi connectivity index (χ1n) is 9.57. The number of aromatic nitrogens is 4. The Hall–Kier alpha value is -3.32. The van der Waals surface area contributed by atoms with Gasteiger partial charge in [0.15, 0.2) is 23.2 Å². The summed E-state index contributed by atoms with van der Waals surface area (Å²) in [6, 6.07) is 1.05. The zero-order valence-electron chi connectivity index (χ0n) is 17.4. The van der Waals surface area contributed by atoms with Crippen LogP contribution >= 0.6 is 11.6 Å². The van der Waals surface area contributed by atoms with Crippen molar-refractivity contribution < 1.29 is 21.9 Å².